The average molecular weight is 277 g/mol. The van der Waals surface area contributed by atoms with Crippen molar-refractivity contribution in [3.63, 3.8) is 0 Å². The number of carboxylic acid groups (broad SMARTS) is 1. The lowest BCUT2D eigenvalue weighted by Crippen LogP contribution is -2.38. The number of hydrogen-bond donors (Lipinski definition) is 2. The summed E-state index contributed by atoms with van der Waals surface area (Å²) in [7, 11) is 0. The number of halogens is 1. The van der Waals surface area contributed by atoms with Crippen LogP contribution >= 0.6 is 0 Å². The lowest BCUT2D eigenvalue weighted by molar-refractivity contribution is -0.143. The Kier molecular flexibility index (Phi) is 3.40. The normalized spacial score (nSPS) is 20.4. The van der Waals surface area contributed by atoms with Crippen LogP contribution in [0.2, 0.25) is 0 Å². The first-order valence-corrected chi connectivity index (χ1v) is 6.71. The zero-order chi connectivity index (χ0) is 14.1. The van der Waals surface area contributed by atoms with Crippen LogP contribution in [-0.4, -0.2) is 39.0 Å². The molecule has 1 unspecified atom stereocenters. The van der Waals surface area contributed by atoms with Gasteiger partial charge in [-0.15, -0.1) is 0 Å². The van der Waals surface area contributed by atoms with Gasteiger partial charge in [-0.3, -0.25) is 9.69 Å². The maximum absolute atomic E-state index is 13.1. The van der Waals surface area contributed by atoms with E-state index in [4.69, 9.17) is 5.11 Å². The van der Waals surface area contributed by atoms with Crippen molar-refractivity contribution in [3.05, 3.63) is 29.8 Å². The molecule has 0 saturated carbocycles. The van der Waals surface area contributed by atoms with Crippen LogP contribution in [0.4, 0.5) is 4.39 Å². The highest BCUT2D eigenvalue weighted by atomic mass is 19.1. The van der Waals surface area contributed by atoms with Crippen molar-refractivity contribution < 1.29 is 14.3 Å². The molecule has 1 aromatic heterocycles. The number of aromatic amines is 1. The first kappa shape index (κ1) is 13.1. The van der Waals surface area contributed by atoms with Gasteiger partial charge in [0.25, 0.3) is 0 Å². The molecule has 0 aliphatic carbocycles. The number of piperidine rings is 1. The quantitative estimate of drug-likeness (QED) is 0.900. The molecule has 0 bridgehead atoms. The van der Waals surface area contributed by atoms with E-state index < -0.39 is 5.97 Å². The van der Waals surface area contributed by atoms with Crippen molar-refractivity contribution in [2.75, 3.05) is 13.1 Å². The molecule has 2 aromatic rings. The number of nitrogens with zero attached hydrogens (tertiary/aromatic N) is 2. The topological polar surface area (TPSA) is 69.2 Å². The van der Waals surface area contributed by atoms with Crippen LogP contribution in [0.1, 0.15) is 18.7 Å². The van der Waals surface area contributed by atoms with Crippen LogP contribution < -0.4 is 0 Å². The van der Waals surface area contributed by atoms with Crippen LogP contribution in [-0.2, 0) is 11.3 Å². The summed E-state index contributed by atoms with van der Waals surface area (Å²) >= 11 is 0. The molecular formula is C14H16FN3O2. The van der Waals surface area contributed by atoms with Crippen LogP contribution in [0.5, 0.6) is 0 Å². The number of nitrogens with one attached hydrogen (secondary N) is 1. The molecule has 0 spiro atoms. The Balaban J connectivity index is 1.74. The van der Waals surface area contributed by atoms with Crippen molar-refractivity contribution in [1.29, 1.82) is 0 Å². The smallest absolute Gasteiger partial charge is 0.307 e. The number of hydrogen-bond acceptors (Lipinski definition) is 3. The van der Waals surface area contributed by atoms with E-state index in [0.29, 0.717) is 18.6 Å². The molecular weight excluding hydrogens is 261 g/mol. The summed E-state index contributed by atoms with van der Waals surface area (Å²) in [6, 6.07) is 4.44. The number of rotatable bonds is 3. The van der Waals surface area contributed by atoms with Gasteiger partial charge in [-0.25, -0.2) is 9.37 Å². The van der Waals surface area contributed by atoms with Gasteiger partial charge in [-0.2, -0.15) is 0 Å². The number of fused-ring (bicyclic) bond motifs is 1. The van der Waals surface area contributed by atoms with Crippen LogP contribution in [0, 0.1) is 11.7 Å². The van der Waals surface area contributed by atoms with Gasteiger partial charge in [0.1, 0.15) is 11.6 Å². The highest BCUT2D eigenvalue weighted by molar-refractivity contribution is 5.74. The fourth-order valence-corrected chi connectivity index (χ4v) is 2.72. The Morgan fingerprint density at radius 1 is 1.55 bits per heavy atom. The number of aliphatic carboxylic acids is 1. The van der Waals surface area contributed by atoms with E-state index in [-0.39, 0.29) is 11.7 Å². The minimum Gasteiger partial charge on any atom is -0.481 e. The largest absolute Gasteiger partial charge is 0.481 e. The number of aromatic nitrogens is 2. The molecule has 0 radical (unpaired) electrons. The maximum atomic E-state index is 13.1. The van der Waals surface area contributed by atoms with Gasteiger partial charge in [0, 0.05) is 6.54 Å². The van der Waals surface area contributed by atoms with Gasteiger partial charge < -0.3 is 10.1 Å². The molecule has 5 nitrogen and oxygen atoms in total. The maximum Gasteiger partial charge on any atom is 0.307 e. The molecule has 1 aromatic carbocycles. The summed E-state index contributed by atoms with van der Waals surface area (Å²) in [5, 5.41) is 9.08. The summed E-state index contributed by atoms with van der Waals surface area (Å²) in [5.74, 6) is -0.583. The molecule has 1 saturated heterocycles. The number of carbonyl (C=O) groups is 1. The van der Waals surface area contributed by atoms with Crippen LogP contribution in [0.15, 0.2) is 18.2 Å². The van der Waals surface area contributed by atoms with Gasteiger partial charge >= 0.3 is 5.97 Å². The molecule has 20 heavy (non-hydrogen) atoms. The SMILES string of the molecule is O=C(O)C1CCCN(Cc2nc3ccc(F)cc3[nH]2)C1. The summed E-state index contributed by atoms with van der Waals surface area (Å²) in [6.07, 6.45) is 1.61. The fraction of sp³-hybridized carbons (Fsp3) is 0.429. The van der Waals surface area contributed by atoms with Gasteiger partial charge in [0.15, 0.2) is 0 Å². The Bertz CT molecular complexity index is 640. The van der Waals surface area contributed by atoms with Crippen LogP contribution in [0.25, 0.3) is 11.0 Å². The van der Waals surface area contributed by atoms with Crippen molar-refractivity contribution in [1.82, 2.24) is 14.9 Å². The van der Waals surface area contributed by atoms with Crippen molar-refractivity contribution in [2.24, 2.45) is 5.92 Å². The van der Waals surface area contributed by atoms with Gasteiger partial charge in [0.2, 0.25) is 0 Å². The van der Waals surface area contributed by atoms with Crippen LogP contribution in [0.3, 0.4) is 0 Å². The second-order valence-electron chi connectivity index (χ2n) is 5.26. The van der Waals surface area contributed by atoms with Crippen molar-refractivity contribution in [2.45, 2.75) is 19.4 Å². The summed E-state index contributed by atoms with van der Waals surface area (Å²) in [6.45, 7) is 1.98. The van der Waals surface area contributed by atoms with E-state index in [9.17, 15) is 9.18 Å². The van der Waals surface area contributed by atoms with Gasteiger partial charge in [0.05, 0.1) is 23.5 Å². The summed E-state index contributed by atoms with van der Waals surface area (Å²) in [5.41, 5.74) is 1.40. The van der Waals surface area contributed by atoms with E-state index in [1.807, 2.05) is 0 Å². The highest BCUT2D eigenvalue weighted by Gasteiger charge is 2.25. The molecule has 1 aliphatic rings. The third-order valence-corrected chi connectivity index (χ3v) is 3.72. The lowest BCUT2D eigenvalue weighted by Gasteiger charge is -2.29. The third-order valence-electron chi connectivity index (χ3n) is 3.72. The molecule has 1 atom stereocenters. The van der Waals surface area contributed by atoms with E-state index >= 15 is 0 Å². The standard InChI is InChI=1S/C14H16FN3O2/c15-10-3-4-11-12(6-10)17-13(16-11)8-18-5-1-2-9(7-18)14(19)20/h3-4,6,9H,1-2,5,7-8H2,(H,16,17)(H,19,20). The minimum absolute atomic E-state index is 0.295. The second kappa shape index (κ2) is 5.20. The number of likely N-dealkylation sites (tertiary alicyclic amines) is 1. The van der Waals surface area contributed by atoms with Crippen molar-refractivity contribution >= 4 is 17.0 Å². The Morgan fingerprint density at radius 3 is 3.20 bits per heavy atom. The predicted octanol–water partition coefficient (Wildman–Crippen LogP) is 2.00. The molecule has 0 amide bonds. The molecule has 3 rings (SSSR count). The molecule has 1 aliphatic heterocycles. The lowest BCUT2D eigenvalue weighted by atomic mass is 9.98. The minimum atomic E-state index is -0.735. The van der Waals surface area contributed by atoms with E-state index in [1.165, 1.54) is 12.1 Å². The average Bonchev–Trinajstić information content (AvgIpc) is 2.80. The first-order chi connectivity index (χ1) is 9.61. The number of benzene rings is 1. The van der Waals surface area contributed by atoms with Gasteiger partial charge in [-0.1, -0.05) is 0 Å². The molecule has 6 heteroatoms. The number of carboxylic acids is 1. The molecule has 2 heterocycles. The summed E-state index contributed by atoms with van der Waals surface area (Å²) < 4.78 is 13.1. The summed E-state index contributed by atoms with van der Waals surface area (Å²) in [4.78, 5) is 20.6. The fourth-order valence-electron chi connectivity index (χ4n) is 2.72. The van der Waals surface area contributed by atoms with E-state index in [0.717, 1.165) is 30.7 Å². The Hall–Kier alpha value is -1.95. The van der Waals surface area contributed by atoms with Crippen molar-refractivity contribution in [3.8, 4) is 0 Å². The highest BCUT2D eigenvalue weighted by Crippen LogP contribution is 2.19. The zero-order valence-corrected chi connectivity index (χ0v) is 11.0. The monoisotopic (exact) mass is 277 g/mol. The van der Waals surface area contributed by atoms with E-state index in [2.05, 4.69) is 14.9 Å². The van der Waals surface area contributed by atoms with E-state index in [1.54, 1.807) is 6.07 Å². The predicted molar refractivity (Wildman–Crippen MR) is 71.7 cm³/mol. The second-order valence-corrected chi connectivity index (χ2v) is 5.26. The molecule has 2 N–H and O–H groups in total. The number of H-pyrrole nitrogens is 1. The zero-order valence-electron chi connectivity index (χ0n) is 11.0. The third kappa shape index (κ3) is 2.65. The van der Waals surface area contributed by atoms with Gasteiger partial charge in [-0.05, 0) is 37.6 Å². The Labute approximate surface area is 115 Å². The molecule has 1 fully saturated rings. The first-order valence-electron chi connectivity index (χ1n) is 6.71. The Morgan fingerprint density at radius 2 is 2.40 bits per heavy atom. The number of imidazole rings is 1. The molecule has 106 valence electrons.